The Balaban J connectivity index is 2.24. The van der Waals surface area contributed by atoms with Gasteiger partial charge in [0.1, 0.15) is 5.82 Å². The van der Waals surface area contributed by atoms with Crippen LogP contribution in [0.3, 0.4) is 0 Å². The van der Waals surface area contributed by atoms with Crippen LogP contribution in [0.15, 0.2) is 18.2 Å². The van der Waals surface area contributed by atoms with Gasteiger partial charge >= 0.3 is 0 Å². The average molecular weight is 193 g/mol. The standard InChI is InChI=1S/C11H12FNO/c1-8-2-3-9(6-11(8)12)13-5-4-10(14)7-13/h2-3,6H,4-5,7H2,1H3. The average Bonchev–Trinajstić information content (AvgIpc) is 2.57. The van der Waals surface area contributed by atoms with Crippen molar-refractivity contribution in [2.45, 2.75) is 13.3 Å². The van der Waals surface area contributed by atoms with Crippen LogP contribution < -0.4 is 4.90 Å². The number of aryl methyl sites for hydroxylation is 1. The van der Waals surface area contributed by atoms with Crippen LogP contribution in [-0.4, -0.2) is 18.9 Å². The predicted octanol–water partition coefficient (Wildman–Crippen LogP) is 1.91. The SMILES string of the molecule is Cc1ccc(N2CCC(=O)C2)cc1F. The van der Waals surface area contributed by atoms with Crippen LogP contribution in [0.2, 0.25) is 0 Å². The summed E-state index contributed by atoms with van der Waals surface area (Å²) in [4.78, 5) is 13.0. The second-order valence-corrected chi connectivity index (χ2v) is 3.64. The van der Waals surface area contributed by atoms with Gasteiger partial charge in [0, 0.05) is 18.7 Å². The lowest BCUT2D eigenvalue weighted by Crippen LogP contribution is -2.19. The molecule has 0 spiro atoms. The Labute approximate surface area is 82.3 Å². The number of anilines is 1. The van der Waals surface area contributed by atoms with E-state index in [9.17, 15) is 9.18 Å². The highest BCUT2D eigenvalue weighted by molar-refractivity contribution is 5.87. The topological polar surface area (TPSA) is 20.3 Å². The third kappa shape index (κ3) is 1.62. The molecule has 1 aromatic carbocycles. The lowest BCUT2D eigenvalue weighted by molar-refractivity contribution is -0.116. The van der Waals surface area contributed by atoms with Gasteiger partial charge in [-0.05, 0) is 24.6 Å². The molecule has 1 heterocycles. The van der Waals surface area contributed by atoms with Crippen molar-refractivity contribution in [2.24, 2.45) is 0 Å². The number of carbonyl (C=O) groups is 1. The Kier molecular flexibility index (Phi) is 2.23. The first kappa shape index (κ1) is 9.19. The third-order valence-electron chi connectivity index (χ3n) is 2.55. The van der Waals surface area contributed by atoms with E-state index in [-0.39, 0.29) is 11.6 Å². The Bertz CT molecular complexity index is 376. The summed E-state index contributed by atoms with van der Waals surface area (Å²) in [6, 6.07) is 5.10. The molecule has 1 aliphatic rings. The zero-order valence-electron chi connectivity index (χ0n) is 8.09. The van der Waals surface area contributed by atoms with Crippen molar-refractivity contribution >= 4 is 11.5 Å². The number of hydrogen-bond donors (Lipinski definition) is 0. The van der Waals surface area contributed by atoms with Crippen LogP contribution in [0.4, 0.5) is 10.1 Å². The van der Waals surface area contributed by atoms with Gasteiger partial charge in [-0.25, -0.2) is 4.39 Å². The molecule has 0 aromatic heterocycles. The van der Waals surface area contributed by atoms with Crippen LogP contribution in [-0.2, 0) is 4.79 Å². The van der Waals surface area contributed by atoms with Crippen LogP contribution in [0, 0.1) is 12.7 Å². The van der Waals surface area contributed by atoms with Crippen LogP contribution in [0.5, 0.6) is 0 Å². The van der Waals surface area contributed by atoms with E-state index in [4.69, 9.17) is 0 Å². The number of Topliss-reactive ketones (excluding diaryl/α,β-unsaturated/α-hetero) is 1. The van der Waals surface area contributed by atoms with Gasteiger partial charge in [0.05, 0.1) is 6.54 Å². The second kappa shape index (κ2) is 3.40. The van der Waals surface area contributed by atoms with E-state index in [1.807, 2.05) is 11.0 Å². The molecule has 3 heteroatoms. The Morgan fingerprint density at radius 3 is 2.79 bits per heavy atom. The maximum Gasteiger partial charge on any atom is 0.153 e. The summed E-state index contributed by atoms with van der Waals surface area (Å²) in [5.41, 5.74) is 1.44. The minimum absolute atomic E-state index is 0.207. The molecule has 1 saturated heterocycles. The van der Waals surface area contributed by atoms with E-state index in [0.717, 1.165) is 5.69 Å². The van der Waals surface area contributed by atoms with Crippen molar-refractivity contribution < 1.29 is 9.18 Å². The molecule has 0 N–H and O–H groups in total. The number of hydrogen-bond acceptors (Lipinski definition) is 2. The normalized spacial score (nSPS) is 16.4. The monoisotopic (exact) mass is 193 g/mol. The zero-order chi connectivity index (χ0) is 10.1. The minimum atomic E-state index is -0.207. The first-order valence-corrected chi connectivity index (χ1v) is 4.69. The molecule has 0 amide bonds. The molecule has 0 bridgehead atoms. The largest absolute Gasteiger partial charge is 0.364 e. The highest BCUT2D eigenvalue weighted by Crippen LogP contribution is 2.21. The molecule has 0 radical (unpaired) electrons. The zero-order valence-corrected chi connectivity index (χ0v) is 8.09. The van der Waals surface area contributed by atoms with E-state index >= 15 is 0 Å². The highest BCUT2D eigenvalue weighted by Gasteiger charge is 2.19. The first-order chi connectivity index (χ1) is 6.66. The van der Waals surface area contributed by atoms with Crippen LogP contribution in [0.1, 0.15) is 12.0 Å². The molecule has 0 unspecified atom stereocenters. The summed E-state index contributed by atoms with van der Waals surface area (Å²) in [6.07, 6.45) is 0.579. The second-order valence-electron chi connectivity index (χ2n) is 3.64. The van der Waals surface area contributed by atoms with Crippen molar-refractivity contribution in [3.8, 4) is 0 Å². The number of rotatable bonds is 1. The van der Waals surface area contributed by atoms with Gasteiger partial charge in [-0.15, -0.1) is 0 Å². The van der Waals surface area contributed by atoms with Gasteiger partial charge in [-0.1, -0.05) is 6.07 Å². The van der Waals surface area contributed by atoms with Gasteiger partial charge in [-0.2, -0.15) is 0 Å². The molecule has 1 fully saturated rings. The number of carbonyl (C=O) groups excluding carboxylic acids is 1. The number of ketones is 1. The van der Waals surface area contributed by atoms with Gasteiger partial charge in [0.15, 0.2) is 5.78 Å². The number of benzene rings is 1. The molecule has 0 atom stereocenters. The predicted molar refractivity (Wildman–Crippen MR) is 53.0 cm³/mol. The first-order valence-electron chi connectivity index (χ1n) is 4.69. The van der Waals surface area contributed by atoms with Gasteiger partial charge in [-0.3, -0.25) is 4.79 Å². The highest BCUT2D eigenvalue weighted by atomic mass is 19.1. The molecule has 1 aliphatic heterocycles. The summed E-state index contributed by atoms with van der Waals surface area (Å²) >= 11 is 0. The lowest BCUT2D eigenvalue weighted by atomic mass is 10.2. The van der Waals surface area contributed by atoms with Gasteiger partial charge < -0.3 is 4.90 Å². The van der Waals surface area contributed by atoms with E-state index in [0.29, 0.717) is 25.1 Å². The fourth-order valence-corrected chi connectivity index (χ4v) is 1.63. The summed E-state index contributed by atoms with van der Waals surface area (Å²) in [5.74, 6) is 0.0211. The number of halogens is 1. The summed E-state index contributed by atoms with van der Waals surface area (Å²) < 4.78 is 13.2. The molecule has 74 valence electrons. The molecular weight excluding hydrogens is 181 g/mol. The molecule has 0 aliphatic carbocycles. The molecule has 14 heavy (non-hydrogen) atoms. The van der Waals surface area contributed by atoms with Crippen molar-refractivity contribution in [1.29, 1.82) is 0 Å². The van der Waals surface area contributed by atoms with Crippen molar-refractivity contribution in [1.82, 2.24) is 0 Å². The Morgan fingerprint density at radius 1 is 1.43 bits per heavy atom. The van der Waals surface area contributed by atoms with E-state index in [1.165, 1.54) is 6.07 Å². The van der Waals surface area contributed by atoms with E-state index in [2.05, 4.69) is 0 Å². The summed E-state index contributed by atoms with van der Waals surface area (Å²) in [6.45, 7) is 2.86. The van der Waals surface area contributed by atoms with Crippen LogP contribution in [0.25, 0.3) is 0 Å². The van der Waals surface area contributed by atoms with Gasteiger partial charge in [0.2, 0.25) is 0 Å². The lowest BCUT2D eigenvalue weighted by Gasteiger charge is -2.16. The maximum absolute atomic E-state index is 13.2. The van der Waals surface area contributed by atoms with Crippen LogP contribution >= 0.6 is 0 Å². The van der Waals surface area contributed by atoms with Crippen molar-refractivity contribution in [3.05, 3.63) is 29.6 Å². The molecule has 0 saturated carbocycles. The van der Waals surface area contributed by atoms with Crippen molar-refractivity contribution in [2.75, 3.05) is 18.0 Å². The Morgan fingerprint density at radius 2 is 2.21 bits per heavy atom. The molecule has 2 nitrogen and oxygen atoms in total. The molecule has 1 aromatic rings. The van der Waals surface area contributed by atoms with E-state index in [1.54, 1.807) is 13.0 Å². The summed E-state index contributed by atoms with van der Waals surface area (Å²) in [5, 5.41) is 0. The minimum Gasteiger partial charge on any atom is -0.364 e. The Hall–Kier alpha value is -1.38. The fraction of sp³-hybridized carbons (Fsp3) is 0.364. The number of nitrogens with zero attached hydrogens (tertiary/aromatic N) is 1. The maximum atomic E-state index is 13.2. The van der Waals surface area contributed by atoms with Gasteiger partial charge in [0.25, 0.3) is 0 Å². The quantitative estimate of drug-likeness (QED) is 0.679. The fourth-order valence-electron chi connectivity index (χ4n) is 1.63. The van der Waals surface area contributed by atoms with Crippen molar-refractivity contribution in [3.63, 3.8) is 0 Å². The third-order valence-corrected chi connectivity index (χ3v) is 2.55. The molecular formula is C11H12FNO. The van der Waals surface area contributed by atoms with E-state index < -0.39 is 0 Å². The smallest absolute Gasteiger partial charge is 0.153 e. The summed E-state index contributed by atoms with van der Waals surface area (Å²) in [7, 11) is 0. The molecule has 2 rings (SSSR count).